The zero-order valence-electron chi connectivity index (χ0n) is 16.7. The van der Waals surface area contributed by atoms with Gasteiger partial charge in [0.05, 0.1) is 13.7 Å². The van der Waals surface area contributed by atoms with E-state index in [9.17, 15) is 9.59 Å². The fourth-order valence-corrected chi connectivity index (χ4v) is 2.99. The molecule has 0 fully saturated rings. The Labute approximate surface area is 169 Å². The van der Waals surface area contributed by atoms with E-state index in [-0.39, 0.29) is 17.9 Å². The summed E-state index contributed by atoms with van der Waals surface area (Å²) >= 11 is 0. The smallest absolute Gasteiger partial charge is 0.319 e. The first-order valence-corrected chi connectivity index (χ1v) is 9.22. The Hall–Kier alpha value is -3.55. The molecule has 1 aliphatic rings. The van der Waals surface area contributed by atoms with Gasteiger partial charge >= 0.3 is 6.03 Å². The minimum atomic E-state index is -0.815. The Morgan fingerprint density at radius 3 is 2.48 bits per heavy atom. The maximum atomic E-state index is 12.3. The maximum absolute atomic E-state index is 12.3. The number of methoxy groups -OCH3 is 1. The van der Waals surface area contributed by atoms with Gasteiger partial charge in [0, 0.05) is 18.3 Å². The highest BCUT2D eigenvalue weighted by Gasteiger charge is 2.39. The third-order valence-electron chi connectivity index (χ3n) is 4.58. The first-order chi connectivity index (χ1) is 13.8. The van der Waals surface area contributed by atoms with E-state index in [2.05, 4.69) is 15.6 Å². The fourth-order valence-electron chi connectivity index (χ4n) is 2.99. The number of ether oxygens (including phenoxy) is 1. The molecule has 152 valence electrons. The number of nitrogens with one attached hydrogen (secondary N) is 2. The summed E-state index contributed by atoms with van der Waals surface area (Å²) in [6, 6.07) is 14.4. The summed E-state index contributed by atoms with van der Waals surface area (Å²) in [5, 5.41) is 5.57. The van der Waals surface area contributed by atoms with E-state index in [0.29, 0.717) is 24.5 Å². The molecule has 1 aliphatic heterocycles. The first-order valence-electron chi connectivity index (χ1n) is 9.22. The quantitative estimate of drug-likeness (QED) is 0.698. The third-order valence-corrected chi connectivity index (χ3v) is 4.58. The van der Waals surface area contributed by atoms with Gasteiger partial charge in [-0.15, -0.1) is 0 Å². The molecule has 0 saturated heterocycles. The Morgan fingerprint density at radius 2 is 1.86 bits per heavy atom. The van der Waals surface area contributed by atoms with Crippen molar-refractivity contribution in [3.8, 4) is 5.75 Å². The number of nitrogens with two attached hydrogens (primary N) is 1. The van der Waals surface area contributed by atoms with Crippen LogP contribution in [0.3, 0.4) is 0 Å². The highest BCUT2D eigenvalue weighted by Crippen LogP contribution is 2.22. The third kappa shape index (κ3) is 4.84. The normalized spacial score (nSPS) is 15.1. The summed E-state index contributed by atoms with van der Waals surface area (Å²) in [5.74, 6) is 0.791. The molecule has 1 heterocycles. The van der Waals surface area contributed by atoms with Crippen molar-refractivity contribution in [1.29, 1.82) is 0 Å². The second kappa shape index (κ2) is 8.22. The molecular formula is C21H25N5O3. The highest BCUT2D eigenvalue weighted by atomic mass is 16.5. The molecule has 3 rings (SSSR count). The van der Waals surface area contributed by atoms with Crippen LogP contribution in [0, 0.1) is 0 Å². The number of amides is 3. The maximum Gasteiger partial charge on any atom is 0.319 e. The highest BCUT2D eigenvalue weighted by molar-refractivity contribution is 6.06. The predicted octanol–water partition coefficient (Wildman–Crippen LogP) is 2.45. The summed E-state index contributed by atoms with van der Waals surface area (Å²) in [7, 11) is 1.57. The average Bonchev–Trinajstić information content (AvgIpc) is 2.89. The molecule has 29 heavy (non-hydrogen) atoms. The fraction of sp³-hybridized carbons (Fsp3) is 0.286. The number of carbonyl (C=O) groups excluding carboxylic acids is 2. The van der Waals surface area contributed by atoms with Crippen LogP contribution < -0.4 is 21.1 Å². The number of benzene rings is 2. The number of anilines is 1. The Bertz CT molecular complexity index is 938. The average molecular weight is 395 g/mol. The van der Waals surface area contributed by atoms with Crippen LogP contribution >= 0.6 is 0 Å². The zero-order chi connectivity index (χ0) is 21.0. The number of hydrogen-bond acceptors (Lipinski definition) is 5. The predicted molar refractivity (Wildman–Crippen MR) is 112 cm³/mol. The number of aliphatic imine (C=N–C) groups is 1. The summed E-state index contributed by atoms with van der Waals surface area (Å²) in [4.78, 5) is 30.1. The van der Waals surface area contributed by atoms with Gasteiger partial charge in [0.2, 0.25) is 0 Å². The second-order valence-corrected chi connectivity index (χ2v) is 7.28. The molecule has 3 amide bonds. The molecule has 4 N–H and O–H groups in total. The topological polar surface area (TPSA) is 109 Å². The molecule has 0 aliphatic carbocycles. The van der Waals surface area contributed by atoms with Gasteiger partial charge in [-0.05, 0) is 37.1 Å². The van der Waals surface area contributed by atoms with Gasteiger partial charge < -0.3 is 21.1 Å². The number of urea groups is 1. The van der Waals surface area contributed by atoms with Gasteiger partial charge in [0.25, 0.3) is 5.91 Å². The minimum absolute atomic E-state index is 0.116. The van der Waals surface area contributed by atoms with Crippen LogP contribution in [0.4, 0.5) is 10.5 Å². The molecule has 0 radical (unpaired) electrons. The number of carbonyl (C=O) groups is 2. The zero-order valence-corrected chi connectivity index (χ0v) is 16.7. The molecule has 0 unspecified atom stereocenters. The molecule has 2 aromatic rings. The van der Waals surface area contributed by atoms with E-state index in [1.807, 2.05) is 24.3 Å². The second-order valence-electron chi connectivity index (χ2n) is 7.28. The number of guanidine groups is 1. The molecule has 0 spiro atoms. The van der Waals surface area contributed by atoms with Crippen molar-refractivity contribution in [3.05, 3.63) is 59.7 Å². The lowest BCUT2D eigenvalue weighted by Crippen LogP contribution is -2.41. The van der Waals surface area contributed by atoms with Crippen LogP contribution in [0.5, 0.6) is 5.75 Å². The molecule has 0 bridgehead atoms. The van der Waals surface area contributed by atoms with Crippen molar-refractivity contribution >= 4 is 23.6 Å². The van der Waals surface area contributed by atoms with Crippen LogP contribution in [-0.2, 0) is 17.9 Å². The SMILES string of the molecule is COc1cccc(NC(=O)NCc2ccc(CN3C(=O)C(C)(C)N=C3N)cc2)c1. The van der Waals surface area contributed by atoms with Gasteiger partial charge in [-0.25, -0.2) is 9.79 Å². The van der Waals surface area contributed by atoms with Gasteiger partial charge in [-0.3, -0.25) is 9.69 Å². The van der Waals surface area contributed by atoms with E-state index in [4.69, 9.17) is 10.5 Å². The lowest BCUT2D eigenvalue weighted by molar-refractivity contribution is -0.130. The summed E-state index contributed by atoms with van der Waals surface area (Å²) in [6.45, 7) is 4.22. The van der Waals surface area contributed by atoms with E-state index < -0.39 is 5.54 Å². The summed E-state index contributed by atoms with van der Waals surface area (Å²) in [6.07, 6.45) is 0. The van der Waals surface area contributed by atoms with Crippen LogP contribution in [0.1, 0.15) is 25.0 Å². The van der Waals surface area contributed by atoms with Gasteiger partial charge in [0.15, 0.2) is 5.96 Å². The van der Waals surface area contributed by atoms with Crippen molar-refractivity contribution in [2.45, 2.75) is 32.5 Å². The van der Waals surface area contributed by atoms with Crippen LogP contribution in [-0.4, -0.2) is 35.4 Å². The van der Waals surface area contributed by atoms with Crippen molar-refractivity contribution in [2.75, 3.05) is 12.4 Å². The Morgan fingerprint density at radius 1 is 1.17 bits per heavy atom. The van der Waals surface area contributed by atoms with Crippen molar-refractivity contribution < 1.29 is 14.3 Å². The van der Waals surface area contributed by atoms with E-state index in [1.165, 1.54) is 4.90 Å². The molecule has 0 saturated carbocycles. The van der Waals surface area contributed by atoms with Crippen LogP contribution in [0.2, 0.25) is 0 Å². The Balaban J connectivity index is 1.52. The van der Waals surface area contributed by atoms with Gasteiger partial charge in [-0.1, -0.05) is 30.3 Å². The first kappa shape index (κ1) is 20.2. The molecule has 0 aromatic heterocycles. The summed E-state index contributed by atoms with van der Waals surface area (Å²) in [5.41, 5.74) is 7.57. The van der Waals surface area contributed by atoms with Crippen LogP contribution in [0.15, 0.2) is 53.5 Å². The number of nitrogens with zero attached hydrogens (tertiary/aromatic N) is 2. The molecule has 8 heteroatoms. The Kier molecular flexibility index (Phi) is 5.72. The monoisotopic (exact) mass is 395 g/mol. The van der Waals surface area contributed by atoms with E-state index >= 15 is 0 Å². The van der Waals surface area contributed by atoms with Gasteiger partial charge in [0.1, 0.15) is 11.3 Å². The number of hydrogen-bond donors (Lipinski definition) is 3. The molecule has 0 atom stereocenters. The van der Waals surface area contributed by atoms with Gasteiger partial charge in [-0.2, -0.15) is 0 Å². The standard InChI is InChI=1S/C21H25N5O3/c1-21(2)18(27)26(19(22)25-21)13-15-9-7-14(8-10-15)12-23-20(28)24-16-5-4-6-17(11-16)29-3/h4-11H,12-13H2,1-3H3,(H2,22,25)(H2,23,24,28). The molecule has 8 nitrogen and oxygen atoms in total. The van der Waals surface area contributed by atoms with E-state index in [0.717, 1.165) is 11.1 Å². The lowest BCUT2D eigenvalue weighted by atomic mass is 10.1. The molecular weight excluding hydrogens is 370 g/mol. The number of rotatable bonds is 6. The van der Waals surface area contributed by atoms with Crippen molar-refractivity contribution in [1.82, 2.24) is 10.2 Å². The minimum Gasteiger partial charge on any atom is -0.497 e. The van der Waals surface area contributed by atoms with Crippen molar-refractivity contribution in [2.24, 2.45) is 10.7 Å². The van der Waals surface area contributed by atoms with Crippen molar-refractivity contribution in [3.63, 3.8) is 0 Å². The summed E-state index contributed by atoms with van der Waals surface area (Å²) < 4.78 is 5.14. The lowest BCUT2D eigenvalue weighted by Gasteiger charge is -2.19. The largest absolute Gasteiger partial charge is 0.497 e. The molecule has 2 aromatic carbocycles. The van der Waals surface area contributed by atoms with E-state index in [1.54, 1.807) is 45.2 Å². The van der Waals surface area contributed by atoms with Crippen LogP contribution in [0.25, 0.3) is 0 Å².